The van der Waals surface area contributed by atoms with Crippen LogP contribution in [0.25, 0.3) is 106 Å². The van der Waals surface area contributed by atoms with Gasteiger partial charge in [0, 0.05) is 60.8 Å². The number of para-hydroxylation sites is 2. The second-order valence-electron chi connectivity index (χ2n) is 15.4. The molecule has 0 bridgehead atoms. The third kappa shape index (κ3) is 5.58. The Balaban J connectivity index is 1.13. The van der Waals surface area contributed by atoms with Crippen LogP contribution in [0, 0.1) is 0 Å². The molecule has 0 aliphatic carbocycles. The molecule has 18 heteroatoms. The Morgan fingerprint density at radius 1 is 0.365 bits per heavy atom. The first kappa shape index (κ1) is 39.6. The lowest BCUT2D eigenvalue weighted by atomic mass is 9.60. The topological polar surface area (TPSA) is 69.9 Å². The summed E-state index contributed by atoms with van der Waals surface area (Å²) < 4.78 is 15.0. The van der Waals surface area contributed by atoms with Crippen molar-refractivity contribution in [1.29, 1.82) is 0 Å². The highest BCUT2D eigenvalue weighted by Crippen LogP contribution is 2.37. The van der Waals surface area contributed by atoms with E-state index in [1.807, 2.05) is 48.5 Å². The van der Waals surface area contributed by atoms with Crippen molar-refractivity contribution in [1.82, 2.24) is 19.5 Å². The number of hydrogen-bond acceptors (Lipinski definition) is 5. The van der Waals surface area contributed by atoms with E-state index in [9.17, 15) is 0 Å². The Bertz CT molecular complexity index is 3780. The van der Waals surface area contributed by atoms with Crippen molar-refractivity contribution in [3.05, 3.63) is 84.9 Å². The highest BCUT2D eigenvalue weighted by molar-refractivity contribution is 6.70. The highest BCUT2D eigenvalue weighted by Gasteiger charge is 2.25. The minimum atomic E-state index is -0.0349. The molecule has 0 N–H and O–H groups in total. The zero-order valence-electron chi connectivity index (χ0n) is 33.1. The van der Waals surface area contributed by atoms with Crippen molar-refractivity contribution in [3.8, 4) is 39.9 Å². The first-order valence-corrected chi connectivity index (χ1v) is 19.4. The van der Waals surface area contributed by atoms with Gasteiger partial charge in [0.2, 0.25) is 0 Å². The molecule has 0 atom stereocenters. The van der Waals surface area contributed by atoms with Crippen LogP contribution in [0.15, 0.2) is 93.8 Å². The maximum absolute atomic E-state index is 6.90. The van der Waals surface area contributed by atoms with Gasteiger partial charge < -0.3 is 13.4 Å². The van der Waals surface area contributed by atoms with E-state index in [2.05, 4.69) is 41.0 Å². The van der Waals surface area contributed by atoms with Crippen LogP contribution in [0.4, 0.5) is 0 Å². The number of aromatic nitrogens is 4. The van der Waals surface area contributed by atoms with E-state index in [-0.39, 0.29) is 111 Å². The molecule has 7 aromatic carbocycles. The molecule has 4 heterocycles. The summed E-state index contributed by atoms with van der Waals surface area (Å²) in [5, 5.41) is 4.65. The van der Waals surface area contributed by atoms with Crippen molar-refractivity contribution < 1.29 is 8.83 Å². The van der Waals surface area contributed by atoms with Crippen molar-refractivity contribution in [2.24, 2.45) is 0 Å². The Kier molecular flexibility index (Phi) is 8.87. The molecule has 11 rings (SSSR count). The van der Waals surface area contributed by atoms with Crippen molar-refractivity contribution in [2.45, 2.75) is 0 Å². The van der Waals surface area contributed by atoms with Gasteiger partial charge in [-0.25, -0.2) is 15.0 Å². The monoisotopic (exact) mass is 774 g/mol. The Morgan fingerprint density at radius 2 is 0.810 bits per heavy atom. The summed E-state index contributed by atoms with van der Waals surface area (Å²) in [6.45, 7) is 0. The number of nitrogens with zero attached hydrogens (tertiary/aromatic N) is 4. The molecule has 11 aromatic rings. The first-order chi connectivity index (χ1) is 30.2. The zero-order valence-corrected chi connectivity index (χ0v) is 33.1. The van der Waals surface area contributed by atoms with Crippen LogP contribution in [0.2, 0.25) is 0 Å². The van der Waals surface area contributed by atoms with Crippen molar-refractivity contribution >= 4 is 225 Å². The second-order valence-corrected chi connectivity index (χ2v) is 15.4. The number of hydrogen-bond donors (Lipinski definition) is 0. The van der Waals surface area contributed by atoms with E-state index in [1.165, 1.54) is 0 Å². The molecule has 24 radical (unpaired) electrons. The van der Waals surface area contributed by atoms with Gasteiger partial charge in [0.1, 0.15) is 116 Å². The van der Waals surface area contributed by atoms with Gasteiger partial charge in [-0.15, -0.1) is 27.3 Å². The molecule has 262 valence electrons. The first-order valence-electron chi connectivity index (χ1n) is 19.4. The van der Waals surface area contributed by atoms with E-state index in [0.29, 0.717) is 22.1 Å². The van der Waals surface area contributed by atoms with Gasteiger partial charge in [0.15, 0.2) is 17.5 Å². The molecule has 0 unspecified atom stereocenters. The zero-order chi connectivity index (χ0) is 43.9. The summed E-state index contributed by atoms with van der Waals surface area (Å²) in [4.78, 5) is 14.5. The fourth-order valence-electron chi connectivity index (χ4n) is 8.70. The Morgan fingerprint density at radius 3 is 1.43 bits per heavy atom. The minimum absolute atomic E-state index is 0.00369. The van der Waals surface area contributed by atoms with Crippen LogP contribution in [0.5, 0.6) is 0 Å². The van der Waals surface area contributed by atoms with Gasteiger partial charge in [-0.2, -0.15) is 0 Å². The maximum atomic E-state index is 6.90. The molecule has 0 fully saturated rings. The third-order valence-electron chi connectivity index (χ3n) is 12.0. The lowest BCUT2D eigenvalue weighted by Gasteiger charge is -2.21. The lowest BCUT2D eigenvalue weighted by Crippen LogP contribution is -2.55. The molecule has 0 amide bonds. The van der Waals surface area contributed by atoms with Crippen molar-refractivity contribution in [2.75, 3.05) is 0 Å². The van der Waals surface area contributed by atoms with Crippen LogP contribution in [0.1, 0.15) is 0 Å². The molecular formula is C45H14B12N4O2. The molecule has 0 aliphatic heterocycles. The largest absolute Gasteiger partial charge is 0.457 e. The van der Waals surface area contributed by atoms with Crippen LogP contribution < -0.4 is 65.6 Å². The average Bonchev–Trinajstić information content (AvgIpc) is 3.98. The van der Waals surface area contributed by atoms with E-state index in [1.54, 1.807) is 0 Å². The molecule has 0 spiro atoms. The number of benzene rings is 7. The molecule has 4 aromatic heterocycles. The fourth-order valence-corrected chi connectivity index (χ4v) is 8.70. The number of fused-ring (bicyclic) bond motifs is 9. The second kappa shape index (κ2) is 14.1. The summed E-state index contributed by atoms with van der Waals surface area (Å²) in [6, 6.07) is 28.4. The van der Waals surface area contributed by atoms with Crippen molar-refractivity contribution in [3.63, 3.8) is 0 Å². The van der Waals surface area contributed by atoms with Gasteiger partial charge in [-0.1, -0.05) is 75.2 Å². The van der Waals surface area contributed by atoms with E-state index < -0.39 is 0 Å². The van der Waals surface area contributed by atoms with Crippen LogP contribution >= 0.6 is 0 Å². The molecule has 6 nitrogen and oxygen atoms in total. The van der Waals surface area contributed by atoms with Gasteiger partial charge in [-0.05, 0) is 41.9 Å². The quantitative estimate of drug-likeness (QED) is 0.183. The summed E-state index contributed by atoms with van der Waals surface area (Å²) >= 11 is 0. The fraction of sp³-hybridized carbons (Fsp3) is 0. The predicted molar refractivity (Wildman–Crippen MR) is 270 cm³/mol. The van der Waals surface area contributed by atoms with E-state index in [4.69, 9.17) is 118 Å². The Labute approximate surface area is 376 Å². The smallest absolute Gasteiger partial charge is 0.164 e. The highest BCUT2D eigenvalue weighted by atomic mass is 16.3. The van der Waals surface area contributed by atoms with Crippen LogP contribution in [-0.2, 0) is 0 Å². The predicted octanol–water partition coefficient (Wildman–Crippen LogP) is -2.71. The molecule has 63 heavy (non-hydrogen) atoms. The SMILES string of the molecule is [B]c1c([B])c([B])c(-c2nc(-c3ccc4c(c3)oc3cc(-n5c6ccccc6c6ccccc65)ccc34)nc(-c3c([B])c([B])c4c(oc5c([B])c([B])c([B])c([B])c54)c3[B])n2)c([B])c1[B]. The normalized spacial score (nSPS) is 11.9. The number of rotatable bonds is 4. The molecule has 0 saturated carbocycles. The maximum Gasteiger partial charge on any atom is 0.164 e. The third-order valence-corrected chi connectivity index (χ3v) is 12.0. The van der Waals surface area contributed by atoms with Gasteiger partial charge in [0.25, 0.3) is 0 Å². The Hall–Kier alpha value is -6.27. The minimum Gasteiger partial charge on any atom is -0.457 e. The van der Waals surface area contributed by atoms with E-state index >= 15 is 0 Å². The van der Waals surface area contributed by atoms with Gasteiger partial charge in [-0.3, -0.25) is 0 Å². The molecule has 0 aliphatic rings. The summed E-state index contributed by atoms with van der Waals surface area (Å²) in [5.74, 6) is 0.0829. The number of furan rings is 2. The molecular weight excluding hydrogens is 758 g/mol. The van der Waals surface area contributed by atoms with E-state index in [0.717, 1.165) is 38.3 Å². The van der Waals surface area contributed by atoms with Crippen LogP contribution in [0.3, 0.4) is 0 Å². The lowest BCUT2D eigenvalue weighted by molar-refractivity contribution is 0.668. The average molecular weight is 772 g/mol. The summed E-state index contributed by atoms with van der Waals surface area (Å²) in [5.41, 5.74) is 5.48. The van der Waals surface area contributed by atoms with Gasteiger partial charge in [0.05, 0.1) is 11.0 Å². The molecule has 0 saturated heterocycles. The standard InChI is InChI=1S/C45H14B12N4O2/c46-29-25-26-30(47)35(52)39(56)40(57)42(26)63-41(25)34(51)28(31(29)48)45-59-43(58-44(60-45)27-32(49)36(53)38(55)37(54)33(27)50)15-9-11-19-20-12-10-16(14-24(20)62-23(19)13-15)61-21-7-3-1-5-17(21)18-6-2-4-8-22(18)61/h1-14H. The van der Waals surface area contributed by atoms with Crippen LogP contribution in [-0.4, -0.2) is 114 Å². The van der Waals surface area contributed by atoms with Gasteiger partial charge >= 0.3 is 0 Å². The summed E-state index contributed by atoms with van der Waals surface area (Å²) in [6.07, 6.45) is 0. The summed E-state index contributed by atoms with van der Waals surface area (Å²) in [7, 11) is 77.5.